The monoisotopic (exact) mass is 646 g/mol. The molecule has 0 radical (unpaired) electrons. The van der Waals surface area contributed by atoms with Gasteiger partial charge in [-0.05, 0) is 12.8 Å². The van der Waals surface area contributed by atoms with E-state index in [2.05, 4.69) is 19.2 Å². The minimum Gasteiger partial charge on any atom is -0.391 e. The van der Waals surface area contributed by atoms with E-state index in [0.29, 0.717) is 12.8 Å². The Balaban J connectivity index is 3.84. The van der Waals surface area contributed by atoms with Gasteiger partial charge >= 0.3 is 0 Å². The van der Waals surface area contributed by atoms with Crippen LogP contribution >= 0.6 is 0 Å². The van der Waals surface area contributed by atoms with E-state index in [1.807, 2.05) is 0 Å². The molecule has 0 heterocycles. The first-order chi connectivity index (χ1) is 21.3. The van der Waals surface area contributed by atoms with Gasteiger partial charge in [-0.3, -0.25) is 9.35 Å². The second-order valence-corrected chi connectivity index (χ2v) is 15.1. The molecule has 44 heavy (non-hydrogen) atoms. The van der Waals surface area contributed by atoms with Gasteiger partial charge in [-0.1, -0.05) is 194 Å². The Bertz CT molecular complexity index is 715. The molecule has 2 atom stereocenters. The molecule has 0 aromatic rings. The first-order valence-corrected chi connectivity index (χ1v) is 20.8. The summed E-state index contributed by atoms with van der Waals surface area (Å²) in [4.78, 5) is 12.5. The number of carbonyl (C=O) groups is 1. The summed E-state index contributed by atoms with van der Waals surface area (Å²) in [6, 6.07) is -0.962. The van der Waals surface area contributed by atoms with E-state index < -0.39 is 28.0 Å². The Labute approximate surface area is 274 Å². The largest absolute Gasteiger partial charge is 0.391 e. The van der Waals surface area contributed by atoms with E-state index >= 15 is 0 Å². The molecule has 7 heteroatoms. The van der Waals surface area contributed by atoms with Crippen molar-refractivity contribution in [3.8, 4) is 0 Å². The van der Waals surface area contributed by atoms with Crippen LogP contribution < -0.4 is 5.32 Å². The highest BCUT2D eigenvalue weighted by atomic mass is 32.2. The lowest BCUT2D eigenvalue weighted by Crippen LogP contribution is -2.47. The first-order valence-electron chi connectivity index (χ1n) is 19.2. The van der Waals surface area contributed by atoms with Gasteiger partial charge in [0.1, 0.15) is 0 Å². The predicted molar refractivity (Wildman–Crippen MR) is 189 cm³/mol. The van der Waals surface area contributed by atoms with Crippen LogP contribution in [0.3, 0.4) is 0 Å². The summed E-state index contributed by atoms with van der Waals surface area (Å²) < 4.78 is 32.4. The van der Waals surface area contributed by atoms with E-state index in [-0.39, 0.29) is 5.91 Å². The van der Waals surface area contributed by atoms with Gasteiger partial charge in [-0.25, -0.2) is 0 Å². The Hall–Kier alpha value is -0.660. The van der Waals surface area contributed by atoms with Gasteiger partial charge in [-0.15, -0.1) is 0 Å². The molecule has 1 amide bonds. The van der Waals surface area contributed by atoms with Gasteiger partial charge in [0.15, 0.2) is 0 Å². The third-order valence-corrected chi connectivity index (χ3v) is 9.84. The summed E-state index contributed by atoms with van der Waals surface area (Å²) in [6.45, 7) is 4.51. The van der Waals surface area contributed by atoms with Gasteiger partial charge in [0, 0.05) is 6.42 Å². The van der Waals surface area contributed by atoms with Crippen LogP contribution in [-0.4, -0.2) is 41.9 Å². The number of hydrogen-bond donors (Lipinski definition) is 3. The third-order valence-electron chi connectivity index (χ3n) is 9.06. The molecule has 3 N–H and O–H groups in total. The van der Waals surface area contributed by atoms with Crippen LogP contribution in [0.4, 0.5) is 0 Å². The fourth-order valence-corrected chi connectivity index (χ4v) is 6.92. The molecule has 0 rings (SSSR count). The molecule has 0 fully saturated rings. The van der Waals surface area contributed by atoms with Gasteiger partial charge in [-0.2, -0.15) is 8.42 Å². The van der Waals surface area contributed by atoms with Crippen molar-refractivity contribution in [1.82, 2.24) is 5.32 Å². The van der Waals surface area contributed by atoms with Crippen LogP contribution in [-0.2, 0) is 14.9 Å². The third kappa shape index (κ3) is 32.7. The lowest BCUT2D eigenvalue weighted by molar-refractivity contribution is -0.122. The van der Waals surface area contributed by atoms with E-state index in [1.165, 1.54) is 148 Å². The van der Waals surface area contributed by atoms with E-state index in [4.69, 9.17) is 0 Å². The smallest absolute Gasteiger partial charge is 0.266 e. The molecule has 0 aliphatic rings. The van der Waals surface area contributed by atoms with Crippen molar-refractivity contribution in [2.75, 3.05) is 5.75 Å². The van der Waals surface area contributed by atoms with E-state index in [0.717, 1.165) is 38.5 Å². The second-order valence-electron chi connectivity index (χ2n) is 13.6. The zero-order valence-electron chi connectivity index (χ0n) is 29.3. The number of nitrogens with one attached hydrogen (secondary N) is 1. The number of amides is 1. The summed E-state index contributed by atoms with van der Waals surface area (Å²) in [5.41, 5.74) is 0. The SMILES string of the molecule is CCCCCCCCCCCCCCCCCCCC(=O)NC(CS(=O)(=O)O)C(O)CCCCCCCCCCCCCC. The first kappa shape index (κ1) is 43.3. The molecule has 0 aromatic heterocycles. The van der Waals surface area contributed by atoms with Gasteiger partial charge in [0.25, 0.3) is 10.1 Å². The summed E-state index contributed by atoms with van der Waals surface area (Å²) >= 11 is 0. The standard InChI is InChI=1S/C37H75NO5S/c1-3-5-7-9-11-13-15-17-18-19-20-21-23-25-27-29-31-33-37(40)38-35(34-44(41,42)43)36(39)32-30-28-26-24-22-16-14-12-10-8-6-4-2/h35-36,39H,3-34H2,1-2H3,(H,38,40)(H,41,42,43). The number of hydrogen-bond acceptors (Lipinski definition) is 4. The molecular weight excluding hydrogens is 570 g/mol. The molecule has 0 aliphatic heterocycles. The highest BCUT2D eigenvalue weighted by Crippen LogP contribution is 2.16. The molecule has 0 saturated carbocycles. The normalized spacial score (nSPS) is 13.3. The highest BCUT2D eigenvalue weighted by molar-refractivity contribution is 7.85. The van der Waals surface area contributed by atoms with Crippen molar-refractivity contribution < 1.29 is 22.9 Å². The minimum absolute atomic E-state index is 0.242. The number of rotatable bonds is 35. The second kappa shape index (κ2) is 32.3. The Morgan fingerprint density at radius 3 is 1.14 bits per heavy atom. The van der Waals surface area contributed by atoms with Crippen molar-refractivity contribution in [2.24, 2.45) is 0 Å². The van der Waals surface area contributed by atoms with E-state index in [1.54, 1.807) is 0 Å². The highest BCUT2D eigenvalue weighted by Gasteiger charge is 2.26. The minimum atomic E-state index is -4.30. The molecule has 0 saturated heterocycles. The summed E-state index contributed by atoms with van der Waals surface area (Å²) in [6.07, 6.45) is 36.2. The maximum absolute atomic E-state index is 12.5. The van der Waals surface area contributed by atoms with Gasteiger partial charge in [0.2, 0.25) is 5.91 Å². The number of aliphatic hydroxyl groups is 1. The Kier molecular flexibility index (Phi) is 31.8. The average molecular weight is 646 g/mol. The molecule has 2 unspecified atom stereocenters. The molecule has 0 bridgehead atoms. The zero-order valence-corrected chi connectivity index (χ0v) is 30.1. The van der Waals surface area contributed by atoms with Crippen LogP contribution in [0.1, 0.15) is 213 Å². The molecule has 264 valence electrons. The maximum atomic E-state index is 12.5. The van der Waals surface area contributed by atoms with Crippen molar-refractivity contribution >= 4 is 16.0 Å². The molecule has 6 nitrogen and oxygen atoms in total. The van der Waals surface area contributed by atoms with Crippen LogP contribution in [0, 0.1) is 0 Å². The molecule has 0 spiro atoms. The number of aliphatic hydroxyl groups excluding tert-OH is 1. The van der Waals surface area contributed by atoms with Crippen molar-refractivity contribution in [1.29, 1.82) is 0 Å². The summed E-state index contributed by atoms with van der Waals surface area (Å²) in [7, 11) is -4.30. The molecular formula is C37H75NO5S. The summed E-state index contributed by atoms with van der Waals surface area (Å²) in [5.74, 6) is -0.884. The predicted octanol–water partition coefficient (Wildman–Crippen LogP) is 10.9. The van der Waals surface area contributed by atoms with Crippen molar-refractivity contribution in [2.45, 2.75) is 225 Å². The fraction of sp³-hybridized carbons (Fsp3) is 0.973. The van der Waals surface area contributed by atoms with Crippen LogP contribution in [0.2, 0.25) is 0 Å². The lowest BCUT2D eigenvalue weighted by Gasteiger charge is -2.23. The average Bonchev–Trinajstić information content (AvgIpc) is 2.98. The summed E-state index contributed by atoms with van der Waals surface area (Å²) in [5, 5.41) is 13.3. The quantitative estimate of drug-likeness (QED) is 0.0470. The van der Waals surface area contributed by atoms with Crippen molar-refractivity contribution in [3.63, 3.8) is 0 Å². The van der Waals surface area contributed by atoms with Crippen LogP contribution in [0.15, 0.2) is 0 Å². The Morgan fingerprint density at radius 2 is 0.818 bits per heavy atom. The number of unbranched alkanes of at least 4 members (excludes halogenated alkanes) is 27. The topological polar surface area (TPSA) is 104 Å². The molecule has 0 aliphatic carbocycles. The van der Waals surface area contributed by atoms with Crippen molar-refractivity contribution in [3.05, 3.63) is 0 Å². The van der Waals surface area contributed by atoms with Gasteiger partial charge < -0.3 is 10.4 Å². The molecule has 0 aromatic carbocycles. The number of carbonyl (C=O) groups excluding carboxylic acids is 1. The zero-order chi connectivity index (χ0) is 32.6. The van der Waals surface area contributed by atoms with Crippen LogP contribution in [0.25, 0.3) is 0 Å². The fourth-order valence-electron chi connectivity index (χ4n) is 6.16. The van der Waals surface area contributed by atoms with Gasteiger partial charge in [0.05, 0.1) is 17.9 Å². The lowest BCUT2D eigenvalue weighted by atomic mass is 10.0. The maximum Gasteiger partial charge on any atom is 0.266 e. The van der Waals surface area contributed by atoms with E-state index in [9.17, 15) is 22.9 Å². The van der Waals surface area contributed by atoms with Crippen LogP contribution in [0.5, 0.6) is 0 Å². The Morgan fingerprint density at radius 1 is 0.523 bits per heavy atom.